The Kier molecular flexibility index (Phi) is 4.74. The first-order valence-corrected chi connectivity index (χ1v) is 7.47. The highest BCUT2D eigenvalue weighted by Crippen LogP contribution is 2.28. The van der Waals surface area contributed by atoms with Gasteiger partial charge in [0.1, 0.15) is 0 Å². The van der Waals surface area contributed by atoms with Crippen molar-refractivity contribution < 1.29 is 0 Å². The topological polar surface area (TPSA) is 17.8 Å². The van der Waals surface area contributed by atoms with Crippen molar-refractivity contribution in [3.8, 4) is 0 Å². The van der Waals surface area contributed by atoms with Crippen LogP contribution >= 0.6 is 23.2 Å². The lowest BCUT2D eigenvalue weighted by molar-refractivity contribution is 0.687. The predicted octanol–water partition coefficient (Wildman–Crippen LogP) is 4.29. The molecule has 0 aromatic carbocycles. The lowest BCUT2D eigenvalue weighted by Gasteiger charge is -2.07. The van der Waals surface area contributed by atoms with Gasteiger partial charge in [-0.25, -0.2) is 0 Å². The molecule has 0 saturated heterocycles. The fraction of sp³-hybridized carbons (Fsp3) is 0.643. The number of alkyl halides is 1. The van der Waals surface area contributed by atoms with Crippen LogP contribution in [0, 0.1) is 0 Å². The quantitative estimate of drug-likeness (QED) is 0.599. The minimum atomic E-state index is 0.181. The molecular weight excluding hydrogens is 267 g/mol. The molecule has 1 atom stereocenters. The molecule has 0 bridgehead atoms. The third-order valence-electron chi connectivity index (χ3n) is 3.54. The average Bonchev–Trinajstić information content (AvgIpc) is 2.53. The highest BCUT2D eigenvalue weighted by molar-refractivity contribution is 6.31. The largest absolute Gasteiger partial charge is 0.271 e. The van der Waals surface area contributed by atoms with Crippen LogP contribution in [-0.2, 0) is 19.9 Å². The molecule has 1 unspecified atom stereocenters. The van der Waals surface area contributed by atoms with Gasteiger partial charge >= 0.3 is 0 Å². The molecule has 2 nitrogen and oxygen atoms in total. The normalized spacial score (nSPS) is 20.7. The summed E-state index contributed by atoms with van der Waals surface area (Å²) in [7, 11) is 1.97. The van der Waals surface area contributed by atoms with Crippen LogP contribution in [-0.4, -0.2) is 15.2 Å². The molecule has 0 N–H and O–H groups in total. The number of aryl methyl sites for hydroxylation is 2. The van der Waals surface area contributed by atoms with Gasteiger partial charge in [0, 0.05) is 13.5 Å². The molecule has 0 saturated carbocycles. The third-order valence-corrected chi connectivity index (χ3v) is 4.32. The zero-order valence-electron chi connectivity index (χ0n) is 11.0. The van der Waals surface area contributed by atoms with Crippen LogP contribution in [0.2, 0.25) is 5.02 Å². The van der Waals surface area contributed by atoms with Crippen molar-refractivity contribution in [2.75, 3.05) is 0 Å². The van der Waals surface area contributed by atoms with Gasteiger partial charge in [0.25, 0.3) is 0 Å². The molecule has 2 rings (SSSR count). The van der Waals surface area contributed by atoms with Crippen LogP contribution in [0.4, 0.5) is 0 Å². The molecule has 18 heavy (non-hydrogen) atoms. The van der Waals surface area contributed by atoms with Crippen molar-refractivity contribution in [3.05, 3.63) is 28.1 Å². The number of rotatable bonds is 3. The summed E-state index contributed by atoms with van der Waals surface area (Å²) in [5.41, 5.74) is 3.51. The van der Waals surface area contributed by atoms with E-state index in [-0.39, 0.29) is 5.38 Å². The van der Waals surface area contributed by atoms with E-state index in [0.29, 0.717) is 0 Å². The number of allylic oxidation sites excluding steroid dienone is 2. The van der Waals surface area contributed by atoms with Gasteiger partial charge in [-0.15, -0.1) is 11.6 Å². The molecule has 0 amide bonds. The van der Waals surface area contributed by atoms with Crippen molar-refractivity contribution in [3.63, 3.8) is 0 Å². The highest BCUT2D eigenvalue weighted by atomic mass is 35.5. The Morgan fingerprint density at radius 3 is 2.89 bits per heavy atom. The van der Waals surface area contributed by atoms with Crippen molar-refractivity contribution in [1.82, 2.24) is 9.78 Å². The maximum atomic E-state index is 6.38. The van der Waals surface area contributed by atoms with Crippen LogP contribution in [0.3, 0.4) is 0 Å². The minimum Gasteiger partial charge on any atom is -0.271 e. The third kappa shape index (κ3) is 3.10. The number of hydrogen-bond donors (Lipinski definition) is 0. The van der Waals surface area contributed by atoms with Gasteiger partial charge in [-0.1, -0.05) is 36.6 Å². The average molecular weight is 287 g/mol. The lowest BCUT2D eigenvalue weighted by Crippen LogP contribution is -2.01. The first-order chi connectivity index (χ1) is 8.61. The van der Waals surface area contributed by atoms with E-state index in [2.05, 4.69) is 18.1 Å². The van der Waals surface area contributed by atoms with Crippen molar-refractivity contribution >= 4 is 23.2 Å². The van der Waals surface area contributed by atoms with Crippen LogP contribution in [0.25, 0.3) is 0 Å². The minimum absolute atomic E-state index is 0.181. The monoisotopic (exact) mass is 286 g/mol. The molecule has 1 heterocycles. The highest BCUT2D eigenvalue weighted by Gasteiger charge is 2.16. The maximum absolute atomic E-state index is 6.38. The van der Waals surface area contributed by atoms with E-state index in [4.69, 9.17) is 23.2 Å². The number of halogens is 2. The Bertz CT molecular complexity index is 449. The van der Waals surface area contributed by atoms with E-state index in [9.17, 15) is 0 Å². The SMILES string of the molecule is CCc1nn(C)c(CC2=CC(Cl)CCCC2)c1Cl. The van der Waals surface area contributed by atoms with E-state index in [1.807, 2.05) is 11.7 Å². The Morgan fingerprint density at radius 2 is 2.22 bits per heavy atom. The van der Waals surface area contributed by atoms with Crippen LogP contribution < -0.4 is 0 Å². The molecule has 0 aliphatic heterocycles. The summed E-state index contributed by atoms with van der Waals surface area (Å²) in [5.74, 6) is 0. The van der Waals surface area contributed by atoms with Crippen molar-refractivity contribution in [2.24, 2.45) is 7.05 Å². The van der Waals surface area contributed by atoms with E-state index in [0.717, 1.165) is 42.1 Å². The Balaban J connectivity index is 2.20. The summed E-state index contributed by atoms with van der Waals surface area (Å²) in [6.45, 7) is 2.08. The molecule has 0 fully saturated rings. The van der Waals surface area contributed by atoms with Crippen LogP contribution in [0.1, 0.15) is 44.0 Å². The van der Waals surface area contributed by atoms with Gasteiger partial charge in [-0.05, 0) is 25.7 Å². The van der Waals surface area contributed by atoms with Gasteiger partial charge in [0.2, 0.25) is 0 Å². The predicted molar refractivity (Wildman–Crippen MR) is 77.5 cm³/mol. The van der Waals surface area contributed by atoms with Crippen LogP contribution in [0.5, 0.6) is 0 Å². The summed E-state index contributed by atoms with van der Waals surface area (Å²) in [6, 6.07) is 0. The Hall–Kier alpha value is -0.470. The van der Waals surface area contributed by atoms with Gasteiger partial charge in [0.15, 0.2) is 0 Å². The standard InChI is InChI=1S/C14H20Cl2N2/c1-3-12-14(16)13(18(2)17-12)9-10-6-4-5-7-11(15)8-10/h8,11H,3-7,9H2,1-2H3. The molecule has 1 aliphatic rings. The molecule has 1 aromatic heterocycles. The fourth-order valence-corrected chi connectivity index (χ4v) is 3.18. The summed E-state index contributed by atoms with van der Waals surface area (Å²) >= 11 is 12.6. The molecule has 0 spiro atoms. The van der Waals surface area contributed by atoms with E-state index in [1.165, 1.54) is 18.4 Å². The molecule has 1 aliphatic carbocycles. The second kappa shape index (κ2) is 6.12. The molecule has 1 aromatic rings. The molecular formula is C14H20Cl2N2. The smallest absolute Gasteiger partial charge is 0.0853 e. The second-order valence-electron chi connectivity index (χ2n) is 4.95. The first kappa shape index (κ1) is 14.0. The first-order valence-electron chi connectivity index (χ1n) is 6.65. The fourth-order valence-electron chi connectivity index (χ4n) is 2.49. The van der Waals surface area contributed by atoms with Gasteiger partial charge in [-0.3, -0.25) is 4.68 Å². The Morgan fingerprint density at radius 1 is 1.44 bits per heavy atom. The molecule has 4 heteroatoms. The lowest BCUT2D eigenvalue weighted by atomic mass is 10.0. The van der Waals surface area contributed by atoms with E-state index in [1.54, 1.807) is 0 Å². The summed E-state index contributed by atoms with van der Waals surface area (Å²) in [6.07, 6.45) is 8.63. The summed E-state index contributed by atoms with van der Waals surface area (Å²) < 4.78 is 1.91. The van der Waals surface area contributed by atoms with Gasteiger partial charge in [-0.2, -0.15) is 5.10 Å². The van der Waals surface area contributed by atoms with Gasteiger partial charge in [0.05, 0.1) is 21.8 Å². The number of nitrogens with zero attached hydrogens (tertiary/aromatic N) is 2. The second-order valence-corrected chi connectivity index (χ2v) is 5.89. The van der Waals surface area contributed by atoms with E-state index >= 15 is 0 Å². The van der Waals surface area contributed by atoms with Crippen LogP contribution in [0.15, 0.2) is 11.6 Å². The zero-order valence-corrected chi connectivity index (χ0v) is 12.6. The Labute approximate surface area is 119 Å². The van der Waals surface area contributed by atoms with E-state index < -0.39 is 0 Å². The van der Waals surface area contributed by atoms with Crippen molar-refractivity contribution in [2.45, 2.75) is 50.8 Å². The zero-order chi connectivity index (χ0) is 13.1. The summed E-state index contributed by atoms with van der Waals surface area (Å²) in [5, 5.41) is 5.47. The van der Waals surface area contributed by atoms with Crippen molar-refractivity contribution in [1.29, 1.82) is 0 Å². The maximum Gasteiger partial charge on any atom is 0.0853 e. The number of aromatic nitrogens is 2. The van der Waals surface area contributed by atoms with Gasteiger partial charge < -0.3 is 0 Å². The molecule has 100 valence electrons. The summed E-state index contributed by atoms with van der Waals surface area (Å²) in [4.78, 5) is 0. The number of hydrogen-bond acceptors (Lipinski definition) is 1. The molecule has 0 radical (unpaired) electrons.